The Labute approximate surface area is 123 Å². The number of hydrogen-bond donors (Lipinski definition) is 1. The standard InChI is InChI=1S/C18H28FN/c1-3-20-18(12-9-15-7-5-4-6-8-15)16-10-11-17(19)14(2)13-16/h10-11,13,15,18,20H,3-9,12H2,1-2H3. The molecule has 2 rings (SSSR count). The van der Waals surface area contributed by atoms with E-state index in [4.69, 9.17) is 0 Å². The first-order valence-electron chi connectivity index (χ1n) is 8.20. The summed E-state index contributed by atoms with van der Waals surface area (Å²) in [7, 11) is 0. The third-order valence-corrected chi connectivity index (χ3v) is 4.62. The van der Waals surface area contributed by atoms with Crippen LogP contribution in [0.2, 0.25) is 0 Å². The van der Waals surface area contributed by atoms with Gasteiger partial charge in [-0.05, 0) is 49.4 Å². The van der Waals surface area contributed by atoms with Crippen molar-refractivity contribution in [2.75, 3.05) is 6.54 Å². The summed E-state index contributed by atoms with van der Waals surface area (Å²) >= 11 is 0. The van der Waals surface area contributed by atoms with Crippen molar-refractivity contribution in [3.05, 3.63) is 35.1 Å². The van der Waals surface area contributed by atoms with Gasteiger partial charge in [0.15, 0.2) is 0 Å². The van der Waals surface area contributed by atoms with Crippen LogP contribution >= 0.6 is 0 Å². The Bertz CT molecular complexity index is 410. The molecule has 0 amide bonds. The fourth-order valence-corrected chi connectivity index (χ4v) is 3.40. The molecule has 1 N–H and O–H groups in total. The maximum absolute atomic E-state index is 13.4. The number of nitrogens with one attached hydrogen (secondary N) is 1. The average molecular weight is 277 g/mol. The third-order valence-electron chi connectivity index (χ3n) is 4.62. The van der Waals surface area contributed by atoms with Gasteiger partial charge in [0.05, 0.1) is 0 Å². The molecule has 112 valence electrons. The predicted octanol–water partition coefficient (Wildman–Crippen LogP) is 5.15. The van der Waals surface area contributed by atoms with Gasteiger partial charge in [-0.1, -0.05) is 51.2 Å². The fourth-order valence-electron chi connectivity index (χ4n) is 3.40. The molecule has 0 aromatic heterocycles. The van der Waals surface area contributed by atoms with Crippen molar-refractivity contribution in [3.8, 4) is 0 Å². The number of benzene rings is 1. The highest BCUT2D eigenvalue weighted by Gasteiger charge is 2.17. The molecule has 0 heterocycles. The van der Waals surface area contributed by atoms with Gasteiger partial charge in [-0.25, -0.2) is 4.39 Å². The molecule has 0 radical (unpaired) electrons. The Balaban J connectivity index is 1.96. The molecule has 1 aromatic rings. The van der Waals surface area contributed by atoms with Gasteiger partial charge < -0.3 is 5.32 Å². The van der Waals surface area contributed by atoms with Crippen LogP contribution in [0, 0.1) is 18.7 Å². The van der Waals surface area contributed by atoms with Crippen LogP contribution in [0.1, 0.15) is 69.0 Å². The van der Waals surface area contributed by atoms with E-state index >= 15 is 0 Å². The second kappa shape index (κ2) is 7.78. The first-order valence-corrected chi connectivity index (χ1v) is 8.20. The first-order chi connectivity index (χ1) is 9.70. The van der Waals surface area contributed by atoms with Crippen molar-refractivity contribution in [1.82, 2.24) is 5.32 Å². The van der Waals surface area contributed by atoms with E-state index in [9.17, 15) is 4.39 Å². The van der Waals surface area contributed by atoms with Crippen LogP contribution < -0.4 is 5.32 Å². The van der Waals surface area contributed by atoms with Gasteiger partial charge in [0, 0.05) is 6.04 Å². The zero-order chi connectivity index (χ0) is 14.4. The van der Waals surface area contributed by atoms with Crippen molar-refractivity contribution >= 4 is 0 Å². The lowest BCUT2D eigenvalue weighted by Gasteiger charge is -2.25. The highest BCUT2D eigenvalue weighted by molar-refractivity contribution is 5.26. The molecule has 0 aliphatic heterocycles. The van der Waals surface area contributed by atoms with E-state index < -0.39 is 0 Å². The van der Waals surface area contributed by atoms with Gasteiger partial charge in [-0.3, -0.25) is 0 Å². The summed E-state index contributed by atoms with van der Waals surface area (Å²) < 4.78 is 13.4. The first kappa shape index (κ1) is 15.5. The minimum Gasteiger partial charge on any atom is -0.310 e. The molecular formula is C18H28FN. The summed E-state index contributed by atoms with van der Waals surface area (Å²) in [5, 5.41) is 3.56. The third kappa shape index (κ3) is 4.31. The van der Waals surface area contributed by atoms with Crippen LogP contribution in [-0.4, -0.2) is 6.54 Å². The number of hydrogen-bond acceptors (Lipinski definition) is 1. The molecule has 1 aromatic carbocycles. The second-order valence-corrected chi connectivity index (χ2v) is 6.20. The largest absolute Gasteiger partial charge is 0.310 e. The smallest absolute Gasteiger partial charge is 0.126 e. The number of rotatable bonds is 6. The van der Waals surface area contributed by atoms with E-state index in [0.29, 0.717) is 6.04 Å². The van der Waals surface area contributed by atoms with Crippen molar-refractivity contribution in [2.45, 2.75) is 64.8 Å². The molecule has 1 atom stereocenters. The normalized spacial score (nSPS) is 18.1. The summed E-state index contributed by atoms with van der Waals surface area (Å²) in [5.41, 5.74) is 1.99. The highest BCUT2D eigenvalue weighted by Crippen LogP contribution is 2.30. The van der Waals surface area contributed by atoms with Crippen LogP contribution in [0.4, 0.5) is 4.39 Å². The Hall–Kier alpha value is -0.890. The van der Waals surface area contributed by atoms with Gasteiger partial charge in [0.25, 0.3) is 0 Å². The van der Waals surface area contributed by atoms with E-state index in [1.807, 2.05) is 19.1 Å². The minimum atomic E-state index is -0.101. The minimum absolute atomic E-state index is 0.101. The lowest BCUT2D eigenvalue weighted by Crippen LogP contribution is -2.22. The van der Waals surface area contributed by atoms with Crippen LogP contribution in [0.3, 0.4) is 0 Å². The summed E-state index contributed by atoms with van der Waals surface area (Å²) in [4.78, 5) is 0. The van der Waals surface area contributed by atoms with E-state index in [0.717, 1.165) is 18.0 Å². The van der Waals surface area contributed by atoms with Crippen LogP contribution in [0.15, 0.2) is 18.2 Å². The zero-order valence-electron chi connectivity index (χ0n) is 12.9. The van der Waals surface area contributed by atoms with Gasteiger partial charge >= 0.3 is 0 Å². The fraction of sp³-hybridized carbons (Fsp3) is 0.667. The van der Waals surface area contributed by atoms with Crippen LogP contribution in [-0.2, 0) is 0 Å². The molecule has 1 saturated carbocycles. The van der Waals surface area contributed by atoms with Gasteiger partial charge in [0.2, 0.25) is 0 Å². The molecule has 20 heavy (non-hydrogen) atoms. The Morgan fingerprint density at radius 3 is 2.65 bits per heavy atom. The van der Waals surface area contributed by atoms with E-state index in [2.05, 4.69) is 12.2 Å². The summed E-state index contributed by atoms with van der Waals surface area (Å²) in [5.74, 6) is 0.808. The lowest BCUT2D eigenvalue weighted by atomic mass is 9.84. The molecule has 2 heteroatoms. The summed E-state index contributed by atoms with van der Waals surface area (Å²) in [6.07, 6.45) is 9.52. The molecule has 0 saturated heterocycles. The van der Waals surface area contributed by atoms with Crippen LogP contribution in [0.5, 0.6) is 0 Å². The van der Waals surface area contributed by atoms with Crippen molar-refractivity contribution in [2.24, 2.45) is 5.92 Å². The quantitative estimate of drug-likeness (QED) is 0.758. The lowest BCUT2D eigenvalue weighted by molar-refractivity contribution is 0.315. The van der Waals surface area contributed by atoms with Crippen molar-refractivity contribution < 1.29 is 4.39 Å². The molecule has 1 nitrogen and oxygen atoms in total. The number of aryl methyl sites for hydroxylation is 1. The molecule has 0 spiro atoms. The highest BCUT2D eigenvalue weighted by atomic mass is 19.1. The Morgan fingerprint density at radius 2 is 2.00 bits per heavy atom. The Kier molecular flexibility index (Phi) is 6.03. The topological polar surface area (TPSA) is 12.0 Å². The monoisotopic (exact) mass is 277 g/mol. The molecule has 1 aliphatic carbocycles. The summed E-state index contributed by atoms with van der Waals surface area (Å²) in [6.45, 7) is 4.96. The van der Waals surface area contributed by atoms with Crippen molar-refractivity contribution in [1.29, 1.82) is 0 Å². The zero-order valence-corrected chi connectivity index (χ0v) is 12.9. The van der Waals surface area contributed by atoms with Gasteiger partial charge in [-0.2, -0.15) is 0 Å². The molecule has 1 aliphatic rings. The summed E-state index contributed by atoms with van der Waals surface area (Å²) in [6, 6.07) is 5.93. The van der Waals surface area contributed by atoms with E-state index in [-0.39, 0.29) is 5.82 Å². The average Bonchev–Trinajstić information content (AvgIpc) is 2.47. The maximum atomic E-state index is 13.4. The maximum Gasteiger partial charge on any atom is 0.126 e. The molecular weight excluding hydrogens is 249 g/mol. The van der Waals surface area contributed by atoms with Crippen LogP contribution in [0.25, 0.3) is 0 Å². The van der Waals surface area contributed by atoms with Gasteiger partial charge in [-0.15, -0.1) is 0 Å². The molecule has 0 bridgehead atoms. The number of halogens is 1. The molecule has 1 fully saturated rings. The Morgan fingerprint density at radius 1 is 1.25 bits per heavy atom. The van der Waals surface area contributed by atoms with Gasteiger partial charge in [0.1, 0.15) is 5.82 Å². The van der Waals surface area contributed by atoms with Crippen molar-refractivity contribution in [3.63, 3.8) is 0 Å². The van der Waals surface area contributed by atoms with E-state index in [1.54, 1.807) is 6.07 Å². The van der Waals surface area contributed by atoms with E-state index in [1.165, 1.54) is 50.5 Å². The second-order valence-electron chi connectivity index (χ2n) is 6.20. The SMILES string of the molecule is CCNC(CCC1CCCCC1)c1ccc(F)c(C)c1. The molecule has 1 unspecified atom stereocenters. The predicted molar refractivity (Wildman–Crippen MR) is 83.4 cm³/mol.